The number of carbonyl (C=O) groups is 1. The van der Waals surface area contributed by atoms with Gasteiger partial charge in [-0.25, -0.2) is 0 Å². The van der Waals surface area contributed by atoms with E-state index in [4.69, 9.17) is 23.2 Å². The van der Waals surface area contributed by atoms with Gasteiger partial charge in [0.2, 0.25) is 0 Å². The molecule has 0 fully saturated rings. The fourth-order valence-corrected chi connectivity index (χ4v) is 2.80. The summed E-state index contributed by atoms with van der Waals surface area (Å²) < 4.78 is 2.46. The summed E-state index contributed by atoms with van der Waals surface area (Å²) in [6.07, 6.45) is 0.184. The number of benzene rings is 1. The van der Waals surface area contributed by atoms with Gasteiger partial charge >= 0.3 is 0 Å². The van der Waals surface area contributed by atoms with E-state index in [0.717, 1.165) is 11.4 Å². The first-order valence-electron chi connectivity index (χ1n) is 6.14. The van der Waals surface area contributed by atoms with Crippen molar-refractivity contribution in [3.63, 3.8) is 0 Å². The first-order valence-corrected chi connectivity index (χ1v) is 7.69. The molecule has 0 amide bonds. The van der Waals surface area contributed by atoms with Crippen LogP contribution < -0.4 is 0 Å². The number of aryl methyl sites for hydroxylation is 2. The van der Waals surface area contributed by atoms with Crippen molar-refractivity contribution in [2.75, 3.05) is 0 Å². The Morgan fingerprint density at radius 1 is 1.35 bits per heavy atom. The second-order valence-corrected chi connectivity index (χ2v) is 5.97. The van der Waals surface area contributed by atoms with Crippen molar-refractivity contribution in [3.05, 3.63) is 49.7 Å². The molecule has 2 aromatic rings. The molecule has 0 saturated carbocycles. The molecule has 0 spiro atoms. The summed E-state index contributed by atoms with van der Waals surface area (Å²) in [5.74, 6) is -0.0761. The third kappa shape index (κ3) is 2.92. The highest BCUT2D eigenvalue weighted by Crippen LogP contribution is 2.28. The minimum atomic E-state index is -0.0761. The van der Waals surface area contributed by atoms with Crippen LogP contribution in [0.4, 0.5) is 0 Å². The number of nitrogens with zero attached hydrogens (tertiary/aromatic N) is 2. The van der Waals surface area contributed by atoms with E-state index in [9.17, 15) is 4.79 Å². The molecule has 20 heavy (non-hydrogen) atoms. The average Bonchev–Trinajstić information content (AvgIpc) is 2.69. The summed E-state index contributed by atoms with van der Waals surface area (Å²) in [4.78, 5) is 12.4. The molecule has 1 aromatic carbocycles. The van der Waals surface area contributed by atoms with Crippen molar-refractivity contribution in [2.45, 2.75) is 26.8 Å². The molecule has 106 valence electrons. The van der Waals surface area contributed by atoms with Gasteiger partial charge in [0.1, 0.15) is 0 Å². The number of carbonyl (C=O) groups excluding carboxylic acids is 1. The van der Waals surface area contributed by atoms with Gasteiger partial charge in [-0.05, 0) is 41.9 Å². The number of Topliss-reactive ketones (excluding diaryl/α,β-unsaturated/α-hetero) is 1. The first-order chi connectivity index (χ1) is 9.45. The lowest BCUT2D eigenvalue weighted by molar-refractivity contribution is 0.0990. The number of halogens is 3. The molecule has 0 radical (unpaired) electrons. The van der Waals surface area contributed by atoms with Crippen molar-refractivity contribution < 1.29 is 4.79 Å². The molecular weight excluding hydrogens is 363 g/mol. The smallest absolute Gasteiger partial charge is 0.170 e. The van der Waals surface area contributed by atoms with Crippen molar-refractivity contribution in [1.82, 2.24) is 9.78 Å². The van der Waals surface area contributed by atoms with Crippen LogP contribution in [0.2, 0.25) is 10.0 Å². The Kier molecular flexibility index (Phi) is 4.89. The Bertz CT molecular complexity index is 667. The highest BCUT2D eigenvalue weighted by molar-refractivity contribution is 9.10. The average molecular weight is 376 g/mol. The summed E-state index contributed by atoms with van der Waals surface area (Å²) >= 11 is 15.7. The number of hydrogen-bond donors (Lipinski definition) is 0. The van der Waals surface area contributed by atoms with Gasteiger partial charge in [0.15, 0.2) is 5.78 Å². The van der Waals surface area contributed by atoms with Gasteiger partial charge in [-0.2, -0.15) is 5.10 Å². The van der Waals surface area contributed by atoms with E-state index in [1.807, 2.05) is 13.8 Å². The topological polar surface area (TPSA) is 34.9 Å². The first kappa shape index (κ1) is 15.5. The van der Waals surface area contributed by atoms with Crippen LogP contribution in [0, 0.1) is 6.92 Å². The van der Waals surface area contributed by atoms with Crippen LogP contribution in [0.1, 0.15) is 28.7 Å². The van der Waals surface area contributed by atoms with Crippen LogP contribution >= 0.6 is 39.1 Å². The fraction of sp³-hybridized carbons (Fsp3) is 0.286. The Balaban J connectivity index is 2.35. The highest BCUT2D eigenvalue weighted by Gasteiger charge is 2.19. The maximum atomic E-state index is 12.4. The molecule has 0 bridgehead atoms. The summed E-state index contributed by atoms with van der Waals surface area (Å²) in [7, 11) is 0. The van der Waals surface area contributed by atoms with Crippen LogP contribution in [-0.2, 0) is 13.0 Å². The van der Waals surface area contributed by atoms with Gasteiger partial charge in [-0.3, -0.25) is 9.48 Å². The molecule has 2 rings (SSSR count). The molecule has 0 N–H and O–H groups in total. The molecule has 0 atom stereocenters. The van der Waals surface area contributed by atoms with E-state index in [-0.39, 0.29) is 12.2 Å². The summed E-state index contributed by atoms with van der Waals surface area (Å²) in [6.45, 7) is 4.46. The third-order valence-electron chi connectivity index (χ3n) is 3.03. The largest absolute Gasteiger partial charge is 0.294 e. The Morgan fingerprint density at radius 3 is 2.70 bits per heavy atom. The lowest BCUT2D eigenvalue weighted by Crippen LogP contribution is -2.10. The molecule has 0 aliphatic heterocycles. The van der Waals surface area contributed by atoms with Crippen molar-refractivity contribution in [2.24, 2.45) is 0 Å². The molecule has 0 aliphatic carbocycles. The van der Waals surface area contributed by atoms with E-state index in [2.05, 4.69) is 21.0 Å². The van der Waals surface area contributed by atoms with Crippen LogP contribution in [0.5, 0.6) is 0 Å². The SMILES string of the molecule is CCn1nc(C)c(Cl)c1CC(=O)c1cccc(Br)c1Cl. The minimum Gasteiger partial charge on any atom is -0.294 e. The lowest BCUT2D eigenvalue weighted by Gasteiger charge is -2.07. The number of hydrogen-bond acceptors (Lipinski definition) is 2. The summed E-state index contributed by atoms with van der Waals surface area (Å²) in [5.41, 5.74) is 1.95. The second kappa shape index (κ2) is 6.29. The van der Waals surface area contributed by atoms with E-state index in [1.165, 1.54) is 0 Å². The number of rotatable bonds is 4. The fourth-order valence-electron chi connectivity index (χ4n) is 2.00. The van der Waals surface area contributed by atoms with Gasteiger partial charge in [0.05, 0.1) is 27.9 Å². The van der Waals surface area contributed by atoms with Crippen molar-refractivity contribution >= 4 is 44.9 Å². The molecule has 0 unspecified atom stereocenters. The van der Waals surface area contributed by atoms with Crippen LogP contribution in [0.3, 0.4) is 0 Å². The van der Waals surface area contributed by atoms with Crippen LogP contribution in [0.25, 0.3) is 0 Å². The molecule has 1 aromatic heterocycles. The Morgan fingerprint density at radius 2 is 2.05 bits per heavy atom. The minimum absolute atomic E-state index is 0.0761. The van der Waals surface area contributed by atoms with Gasteiger partial charge in [0.25, 0.3) is 0 Å². The summed E-state index contributed by atoms with van der Waals surface area (Å²) in [6, 6.07) is 5.29. The zero-order valence-electron chi connectivity index (χ0n) is 11.1. The van der Waals surface area contributed by atoms with E-state index >= 15 is 0 Å². The molecule has 0 aliphatic rings. The molecule has 1 heterocycles. The molecular formula is C14H13BrCl2N2O. The third-order valence-corrected chi connectivity index (χ3v) is 4.82. The lowest BCUT2D eigenvalue weighted by atomic mass is 10.1. The molecule has 0 saturated heterocycles. The van der Waals surface area contributed by atoms with Gasteiger partial charge in [-0.1, -0.05) is 29.3 Å². The van der Waals surface area contributed by atoms with E-state index < -0.39 is 0 Å². The monoisotopic (exact) mass is 374 g/mol. The Labute approximate surface area is 136 Å². The predicted molar refractivity (Wildman–Crippen MR) is 84.8 cm³/mol. The van der Waals surface area contributed by atoms with Gasteiger partial charge < -0.3 is 0 Å². The highest BCUT2D eigenvalue weighted by atomic mass is 79.9. The van der Waals surface area contributed by atoms with E-state index in [0.29, 0.717) is 26.6 Å². The summed E-state index contributed by atoms with van der Waals surface area (Å²) in [5, 5.41) is 5.28. The quantitative estimate of drug-likeness (QED) is 0.725. The van der Waals surface area contributed by atoms with Crippen LogP contribution in [0.15, 0.2) is 22.7 Å². The zero-order valence-corrected chi connectivity index (χ0v) is 14.2. The maximum Gasteiger partial charge on any atom is 0.170 e. The van der Waals surface area contributed by atoms with Crippen molar-refractivity contribution in [1.29, 1.82) is 0 Å². The second-order valence-electron chi connectivity index (χ2n) is 4.36. The molecule has 3 nitrogen and oxygen atoms in total. The standard InChI is InChI=1S/C14H13BrCl2N2O/c1-3-19-11(13(16)8(2)18-19)7-12(20)9-5-4-6-10(15)14(9)17/h4-6H,3,7H2,1-2H3. The van der Waals surface area contributed by atoms with Crippen molar-refractivity contribution in [3.8, 4) is 0 Å². The van der Waals surface area contributed by atoms with Gasteiger partial charge in [-0.15, -0.1) is 0 Å². The predicted octanol–water partition coefficient (Wildman–Crippen LogP) is 4.71. The number of ketones is 1. The number of aromatic nitrogens is 2. The zero-order chi connectivity index (χ0) is 14.9. The normalized spacial score (nSPS) is 10.8. The molecule has 6 heteroatoms. The Hall–Kier alpha value is -0.840. The van der Waals surface area contributed by atoms with Gasteiger partial charge in [0, 0.05) is 16.6 Å². The maximum absolute atomic E-state index is 12.4. The van der Waals surface area contributed by atoms with Crippen LogP contribution in [-0.4, -0.2) is 15.6 Å². The van der Waals surface area contributed by atoms with E-state index in [1.54, 1.807) is 22.9 Å².